The minimum atomic E-state index is 0.407. The number of nitrogens with one attached hydrogen (secondary N) is 1. The summed E-state index contributed by atoms with van der Waals surface area (Å²) in [6, 6.07) is 8.62. The molecular formula is C17H28ClN. The second-order valence-corrected chi connectivity index (χ2v) is 5.60. The fourth-order valence-corrected chi connectivity index (χ4v) is 2.77. The zero-order chi connectivity index (χ0) is 13.9. The van der Waals surface area contributed by atoms with Crippen LogP contribution in [-0.4, -0.2) is 6.54 Å². The van der Waals surface area contributed by atoms with Crippen molar-refractivity contribution in [1.82, 2.24) is 5.32 Å². The predicted molar refractivity (Wildman–Crippen MR) is 85.9 cm³/mol. The Balaban J connectivity index is 2.39. The first-order valence-electron chi connectivity index (χ1n) is 7.77. The van der Waals surface area contributed by atoms with Gasteiger partial charge < -0.3 is 5.32 Å². The van der Waals surface area contributed by atoms with E-state index in [1.54, 1.807) is 0 Å². The Hall–Kier alpha value is -0.530. The van der Waals surface area contributed by atoms with Crippen LogP contribution in [0, 0.1) is 0 Å². The molecule has 0 aromatic heterocycles. The summed E-state index contributed by atoms with van der Waals surface area (Å²) < 4.78 is 0. The average Bonchev–Trinajstić information content (AvgIpc) is 2.42. The van der Waals surface area contributed by atoms with Crippen molar-refractivity contribution in [3.8, 4) is 0 Å². The van der Waals surface area contributed by atoms with Crippen LogP contribution in [0.15, 0.2) is 24.3 Å². The summed E-state index contributed by atoms with van der Waals surface area (Å²) in [4.78, 5) is 0. The summed E-state index contributed by atoms with van der Waals surface area (Å²) in [5.74, 6) is 0. The zero-order valence-corrected chi connectivity index (χ0v) is 13.2. The number of hydrogen-bond donors (Lipinski definition) is 1. The Labute approximate surface area is 123 Å². The van der Waals surface area contributed by atoms with Crippen LogP contribution >= 0.6 is 11.6 Å². The van der Waals surface area contributed by atoms with Crippen molar-refractivity contribution in [2.45, 2.75) is 64.8 Å². The first-order chi connectivity index (χ1) is 9.29. The van der Waals surface area contributed by atoms with Crippen molar-refractivity contribution in [2.75, 3.05) is 6.54 Å². The number of benzene rings is 1. The molecule has 1 aromatic carbocycles. The maximum Gasteiger partial charge on any atom is 0.0453 e. The molecule has 0 saturated heterocycles. The molecule has 19 heavy (non-hydrogen) atoms. The summed E-state index contributed by atoms with van der Waals surface area (Å²) in [7, 11) is 0. The molecule has 1 N–H and O–H groups in total. The van der Waals surface area contributed by atoms with Gasteiger partial charge in [-0.2, -0.15) is 0 Å². The van der Waals surface area contributed by atoms with Crippen LogP contribution in [0.4, 0.5) is 0 Å². The van der Waals surface area contributed by atoms with Crippen LogP contribution in [0.25, 0.3) is 0 Å². The monoisotopic (exact) mass is 281 g/mol. The lowest BCUT2D eigenvalue weighted by molar-refractivity contribution is 0.477. The lowest BCUT2D eigenvalue weighted by atomic mass is 9.99. The molecule has 0 aliphatic heterocycles. The quantitative estimate of drug-likeness (QED) is 0.539. The van der Waals surface area contributed by atoms with Crippen molar-refractivity contribution < 1.29 is 0 Å². The molecule has 0 fully saturated rings. The highest BCUT2D eigenvalue weighted by molar-refractivity contribution is 6.31. The standard InChI is InChI=1S/C17H28ClN/c1-3-5-6-7-8-9-14-17(19-4-2)15-12-10-11-13-16(15)18/h10-13,17,19H,3-9,14H2,1-2H3. The third-order valence-electron chi connectivity index (χ3n) is 3.58. The minimum Gasteiger partial charge on any atom is -0.310 e. The Morgan fingerprint density at radius 3 is 2.37 bits per heavy atom. The number of hydrogen-bond acceptors (Lipinski definition) is 1. The fraction of sp³-hybridized carbons (Fsp3) is 0.647. The average molecular weight is 282 g/mol. The fourth-order valence-electron chi connectivity index (χ4n) is 2.50. The molecule has 0 saturated carbocycles. The van der Waals surface area contributed by atoms with Crippen molar-refractivity contribution >= 4 is 11.6 Å². The second-order valence-electron chi connectivity index (χ2n) is 5.19. The molecule has 1 rings (SSSR count). The van der Waals surface area contributed by atoms with Crippen LogP contribution in [0.3, 0.4) is 0 Å². The maximum absolute atomic E-state index is 6.30. The highest BCUT2D eigenvalue weighted by atomic mass is 35.5. The molecular weight excluding hydrogens is 254 g/mol. The third-order valence-corrected chi connectivity index (χ3v) is 3.92. The number of halogens is 1. The summed E-state index contributed by atoms with van der Waals surface area (Å²) in [5.41, 5.74) is 1.25. The van der Waals surface area contributed by atoms with Gasteiger partial charge in [0.15, 0.2) is 0 Å². The van der Waals surface area contributed by atoms with Crippen LogP contribution in [0.1, 0.15) is 70.4 Å². The molecule has 0 spiro atoms. The molecule has 0 bridgehead atoms. The molecule has 0 radical (unpaired) electrons. The molecule has 0 aliphatic carbocycles. The van der Waals surface area contributed by atoms with Crippen molar-refractivity contribution in [3.63, 3.8) is 0 Å². The van der Waals surface area contributed by atoms with Gasteiger partial charge in [-0.25, -0.2) is 0 Å². The summed E-state index contributed by atoms with van der Waals surface area (Å²) in [5, 5.41) is 4.45. The molecule has 1 nitrogen and oxygen atoms in total. The van der Waals surface area contributed by atoms with Gasteiger partial charge in [-0.05, 0) is 24.6 Å². The summed E-state index contributed by atoms with van der Waals surface area (Å²) >= 11 is 6.30. The second kappa shape index (κ2) is 10.3. The zero-order valence-electron chi connectivity index (χ0n) is 12.4. The van der Waals surface area contributed by atoms with E-state index in [9.17, 15) is 0 Å². The first kappa shape index (κ1) is 16.5. The van der Waals surface area contributed by atoms with E-state index in [2.05, 4.69) is 31.3 Å². The normalized spacial score (nSPS) is 12.6. The first-order valence-corrected chi connectivity index (χ1v) is 8.15. The van der Waals surface area contributed by atoms with Crippen LogP contribution < -0.4 is 5.32 Å². The van der Waals surface area contributed by atoms with E-state index in [1.165, 1.54) is 50.5 Å². The van der Waals surface area contributed by atoms with Gasteiger partial charge in [0.1, 0.15) is 0 Å². The highest BCUT2D eigenvalue weighted by Gasteiger charge is 2.12. The number of unbranched alkanes of at least 4 members (excludes halogenated alkanes) is 5. The van der Waals surface area contributed by atoms with E-state index in [0.29, 0.717) is 6.04 Å². The van der Waals surface area contributed by atoms with Crippen molar-refractivity contribution in [2.24, 2.45) is 0 Å². The topological polar surface area (TPSA) is 12.0 Å². The van der Waals surface area contributed by atoms with Gasteiger partial charge in [0.25, 0.3) is 0 Å². The summed E-state index contributed by atoms with van der Waals surface area (Å²) in [6.45, 7) is 5.41. The Kier molecular flexibility index (Phi) is 8.94. The van der Waals surface area contributed by atoms with Crippen LogP contribution in [0.5, 0.6) is 0 Å². The van der Waals surface area contributed by atoms with Gasteiger partial charge in [0, 0.05) is 11.1 Å². The third kappa shape index (κ3) is 6.44. The van der Waals surface area contributed by atoms with Gasteiger partial charge >= 0.3 is 0 Å². The molecule has 0 heterocycles. The van der Waals surface area contributed by atoms with Gasteiger partial charge in [-0.3, -0.25) is 0 Å². The maximum atomic E-state index is 6.30. The Morgan fingerprint density at radius 2 is 1.68 bits per heavy atom. The van der Waals surface area contributed by atoms with E-state index < -0.39 is 0 Å². The van der Waals surface area contributed by atoms with E-state index in [4.69, 9.17) is 11.6 Å². The number of rotatable bonds is 10. The van der Waals surface area contributed by atoms with E-state index in [0.717, 1.165) is 11.6 Å². The van der Waals surface area contributed by atoms with E-state index >= 15 is 0 Å². The van der Waals surface area contributed by atoms with Crippen LogP contribution in [-0.2, 0) is 0 Å². The predicted octanol–water partition coefficient (Wildman–Crippen LogP) is 5.74. The molecule has 1 atom stereocenters. The lowest BCUT2D eigenvalue weighted by Gasteiger charge is -2.19. The van der Waals surface area contributed by atoms with Gasteiger partial charge in [0.2, 0.25) is 0 Å². The van der Waals surface area contributed by atoms with Gasteiger partial charge in [0.05, 0.1) is 0 Å². The molecule has 1 unspecified atom stereocenters. The van der Waals surface area contributed by atoms with Gasteiger partial charge in [-0.15, -0.1) is 0 Å². The van der Waals surface area contributed by atoms with Gasteiger partial charge in [-0.1, -0.05) is 82.2 Å². The van der Waals surface area contributed by atoms with Crippen molar-refractivity contribution in [3.05, 3.63) is 34.9 Å². The van der Waals surface area contributed by atoms with Crippen molar-refractivity contribution in [1.29, 1.82) is 0 Å². The molecule has 108 valence electrons. The smallest absolute Gasteiger partial charge is 0.0453 e. The minimum absolute atomic E-state index is 0.407. The molecule has 2 heteroatoms. The lowest BCUT2D eigenvalue weighted by Crippen LogP contribution is -2.21. The Morgan fingerprint density at radius 1 is 1.00 bits per heavy atom. The van der Waals surface area contributed by atoms with E-state index in [-0.39, 0.29) is 0 Å². The summed E-state index contributed by atoms with van der Waals surface area (Å²) in [6.07, 6.45) is 9.26. The SMILES string of the molecule is CCCCCCCCC(NCC)c1ccccc1Cl. The Bertz CT molecular complexity index is 338. The van der Waals surface area contributed by atoms with Crippen LogP contribution in [0.2, 0.25) is 5.02 Å². The molecule has 0 aliphatic rings. The molecule has 1 aromatic rings. The van der Waals surface area contributed by atoms with E-state index in [1.807, 2.05) is 12.1 Å². The highest BCUT2D eigenvalue weighted by Crippen LogP contribution is 2.26. The largest absolute Gasteiger partial charge is 0.310 e. The molecule has 0 amide bonds.